The van der Waals surface area contributed by atoms with Crippen LogP contribution in [0.15, 0.2) is 39.9 Å². The molecule has 2 rings (SSSR count). The number of benzene rings is 1. The molecule has 0 unspecified atom stereocenters. The van der Waals surface area contributed by atoms with Crippen molar-refractivity contribution < 1.29 is 14.0 Å². The van der Waals surface area contributed by atoms with Crippen LogP contribution in [0.2, 0.25) is 0 Å². The number of rotatable bonds is 7. The SMILES string of the molecule is CCCCNC(=O)CO/N=C(\C)c1cc2ccccc2o1. The number of carbonyl (C=O) groups excluding carboxylic acids is 1. The van der Waals surface area contributed by atoms with Gasteiger partial charge in [0.2, 0.25) is 0 Å². The molecular weight excluding hydrogens is 268 g/mol. The molecule has 1 N–H and O–H groups in total. The maximum atomic E-state index is 11.4. The summed E-state index contributed by atoms with van der Waals surface area (Å²) in [4.78, 5) is 16.5. The van der Waals surface area contributed by atoms with Gasteiger partial charge in [-0.25, -0.2) is 0 Å². The number of hydrogen-bond acceptors (Lipinski definition) is 4. The number of para-hydroxylation sites is 1. The van der Waals surface area contributed by atoms with Gasteiger partial charge in [0.15, 0.2) is 12.4 Å². The van der Waals surface area contributed by atoms with Crippen LogP contribution in [0.4, 0.5) is 0 Å². The molecule has 2 aromatic rings. The molecule has 0 saturated carbocycles. The molecular formula is C16H20N2O3. The van der Waals surface area contributed by atoms with Crippen LogP contribution in [0, 0.1) is 0 Å². The van der Waals surface area contributed by atoms with Gasteiger partial charge in [-0.3, -0.25) is 4.79 Å². The van der Waals surface area contributed by atoms with E-state index < -0.39 is 0 Å². The predicted molar refractivity (Wildman–Crippen MR) is 82.3 cm³/mol. The second kappa shape index (κ2) is 7.47. The quantitative estimate of drug-likeness (QED) is 0.484. The summed E-state index contributed by atoms with van der Waals surface area (Å²) in [5.41, 5.74) is 1.41. The number of nitrogens with one attached hydrogen (secondary N) is 1. The topological polar surface area (TPSA) is 63.8 Å². The third-order valence-electron chi connectivity index (χ3n) is 3.03. The molecule has 1 amide bonds. The first-order chi connectivity index (χ1) is 10.2. The van der Waals surface area contributed by atoms with Crippen LogP contribution in [0.1, 0.15) is 32.4 Å². The predicted octanol–water partition coefficient (Wildman–Crippen LogP) is 3.09. The van der Waals surface area contributed by atoms with Crippen LogP contribution in [0.25, 0.3) is 11.0 Å². The van der Waals surface area contributed by atoms with E-state index in [-0.39, 0.29) is 12.5 Å². The fraction of sp³-hybridized carbons (Fsp3) is 0.375. The van der Waals surface area contributed by atoms with Gasteiger partial charge in [0, 0.05) is 11.9 Å². The minimum atomic E-state index is -0.162. The molecule has 0 fully saturated rings. The van der Waals surface area contributed by atoms with Gasteiger partial charge in [-0.05, 0) is 25.5 Å². The summed E-state index contributed by atoms with van der Waals surface area (Å²) >= 11 is 0. The molecule has 1 aromatic carbocycles. The average molecular weight is 288 g/mol. The van der Waals surface area contributed by atoms with Crippen molar-refractivity contribution in [3.8, 4) is 0 Å². The van der Waals surface area contributed by atoms with E-state index in [1.807, 2.05) is 30.3 Å². The molecule has 0 bridgehead atoms. The van der Waals surface area contributed by atoms with Gasteiger partial charge >= 0.3 is 0 Å². The fourth-order valence-electron chi connectivity index (χ4n) is 1.85. The zero-order chi connectivity index (χ0) is 15.1. The van der Waals surface area contributed by atoms with Crippen molar-refractivity contribution in [2.45, 2.75) is 26.7 Å². The second-order valence-corrected chi connectivity index (χ2v) is 4.80. The molecule has 0 aliphatic rings. The molecule has 0 radical (unpaired) electrons. The fourth-order valence-corrected chi connectivity index (χ4v) is 1.85. The maximum absolute atomic E-state index is 11.4. The summed E-state index contributed by atoms with van der Waals surface area (Å²) in [6.07, 6.45) is 2.01. The average Bonchev–Trinajstić information content (AvgIpc) is 2.91. The Morgan fingerprint density at radius 1 is 1.38 bits per heavy atom. The molecule has 5 nitrogen and oxygen atoms in total. The van der Waals surface area contributed by atoms with Crippen LogP contribution in [-0.2, 0) is 9.63 Å². The molecule has 1 aromatic heterocycles. The lowest BCUT2D eigenvalue weighted by atomic mass is 10.2. The Labute approximate surface area is 124 Å². The highest BCUT2D eigenvalue weighted by Gasteiger charge is 2.07. The largest absolute Gasteiger partial charge is 0.455 e. The Hall–Kier alpha value is -2.30. The van der Waals surface area contributed by atoms with E-state index in [0.29, 0.717) is 18.0 Å². The highest BCUT2D eigenvalue weighted by atomic mass is 16.6. The lowest BCUT2D eigenvalue weighted by Gasteiger charge is -2.03. The Bertz CT molecular complexity index is 598. The first kappa shape index (κ1) is 15.1. The smallest absolute Gasteiger partial charge is 0.260 e. The van der Waals surface area contributed by atoms with E-state index in [2.05, 4.69) is 17.4 Å². The molecule has 21 heavy (non-hydrogen) atoms. The standard InChI is InChI=1S/C16H20N2O3/c1-3-4-9-17-16(19)11-20-18-12(2)15-10-13-7-5-6-8-14(13)21-15/h5-8,10H,3-4,9,11H2,1-2H3,(H,17,19)/b18-12+. The number of carbonyl (C=O) groups is 1. The summed E-state index contributed by atoms with van der Waals surface area (Å²) in [5, 5.41) is 7.70. The monoisotopic (exact) mass is 288 g/mol. The molecule has 0 aliphatic carbocycles. The third-order valence-corrected chi connectivity index (χ3v) is 3.03. The second-order valence-electron chi connectivity index (χ2n) is 4.80. The maximum Gasteiger partial charge on any atom is 0.260 e. The Morgan fingerprint density at radius 2 is 2.19 bits per heavy atom. The van der Waals surface area contributed by atoms with Crippen LogP contribution >= 0.6 is 0 Å². The minimum absolute atomic E-state index is 0.0821. The third kappa shape index (κ3) is 4.34. The van der Waals surface area contributed by atoms with Gasteiger partial charge in [-0.2, -0.15) is 0 Å². The van der Waals surface area contributed by atoms with Crippen LogP contribution in [-0.4, -0.2) is 24.8 Å². The van der Waals surface area contributed by atoms with E-state index in [1.54, 1.807) is 6.92 Å². The van der Waals surface area contributed by atoms with Crippen LogP contribution in [0.5, 0.6) is 0 Å². The molecule has 0 atom stereocenters. The molecule has 0 spiro atoms. The number of fused-ring (bicyclic) bond motifs is 1. The van der Waals surface area contributed by atoms with Crippen molar-refractivity contribution in [1.82, 2.24) is 5.32 Å². The first-order valence-corrected chi connectivity index (χ1v) is 7.13. The van der Waals surface area contributed by atoms with E-state index in [9.17, 15) is 4.79 Å². The summed E-state index contributed by atoms with van der Waals surface area (Å²) in [6.45, 7) is 4.45. The van der Waals surface area contributed by atoms with Gasteiger partial charge in [0.05, 0.1) is 0 Å². The van der Waals surface area contributed by atoms with Gasteiger partial charge in [-0.1, -0.05) is 36.7 Å². The van der Waals surface area contributed by atoms with Gasteiger partial charge in [0.25, 0.3) is 5.91 Å². The van der Waals surface area contributed by atoms with Crippen molar-refractivity contribution in [2.24, 2.45) is 5.16 Å². The minimum Gasteiger partial charge on any atom is -0.455 e. The normalized spacial score (nSPS) is 11.6. The molecule has 112 valence electrons. The highest BCUT2D eigenvalue weighted by Crippen LogP contribution is 2.19. The number of unbranched alkanes of at least 4 members (excludes halogenated alkanes) is 1. The van der Waals surface area contributed by atoms with E-state index in [0.717, 1.165) is 23.8 Å². The van der Waals surface area contributed by atoms with Crippen molar-refractivity contribution in [2.75, 3.05) is 13.2 Å². The van der Waals surface area contributed by atoms with Gasteiger partial charge in [0.1, 0.15) is 11.3 Å². The van der Waals surface area contributed by atoms with Crippen molar-refractivity contribution in [3.63, 3.8) is 0 Å². The summed E-state index contributed by atoms with van der Waals surface area (Å²) in [5.74, 6) is 0.479. The van der Waals surface area contributed by atoms with Crippen LogP contribution < -0.4 is 5.32 Å². The highest BCUT2D eigenvalue weighted by molar-refractivity contribution is 5.99. The molecule has 5 heteroatoms. The van der Waals surface area contributed by atoms with Crippen molar-refractivity contribution >= 4 is 22.6 Å². The zero-order valence-electron chi connectivity index (χ0n) is 12.4. The van der Waals surface area contributed by atoms with Crippen LogP contribution in [0.3, 0.4) is 0 Å². The molecule has 0 saturated heterocycles. The first-order valence-electron chi connectivity index (χ1n) is 7.13. The van der Waals surface area contributed by atoms with E-state index in [4.69, 9.17) is 9.25 Å². The zero-order valence-corrected chi connectivity index (χ0v) is 12.4. The molecule has 1 heterocycles. The van der Waals surface area contributed by atoms with E-state index >= 15 is 0 Å². The van der Waals surface area contributed by atoms with E-state index in [1.165, 1.54) is 0 Å². The Morgan fingerprint density at radius 3 is 2.95 bits per heavy atom. The Kier molecular flexibility index (Phi) is 5.37. The number of amides is 1. The van der Waals surface area contributed by atoms with Gasteiger partial charge < -0.3 is 14.6 Å². The Balaban J connectivity index is 1.87. The number of nitrogens with zero attached hydrogens (tertiary/aromatic N) is 1. The van der Waals surface area contributed by atoms with Crippen molar-refractivity contribution in [3.05, 3.63) is 36.1 Å². The number of hydrogen-bond donors (Lipinski definition) is 1. The summed E-state index contributed by atoms with van der Waals surface area (Å²) < 4.78 is 5.66. The molecule has 0 aliphatic heterocycles. The summed E-state index contributed by atoms with van der Waals surface area (Å²) in [6, 6.07) is 9.63. The van der Waals surface area contributed by atoms with Crippen molar-refractivity contribution in [1.29, 1.82) is 0 Å². The number of oxime groups is 1. The van der Waals surface area contributed by atoms with Gasteiger partial charge in [-0.15, -0.1) is 0 Å². The number of furan rings is 1. The lowest BCUT2D eigenvalue weighted by molar-refractivity contribution is -0.125. The lowest BCUT2D eigenvalue weighted by Crippen LogP contribution is -2.27. The summed E-state index contributed by atoms with van der Waals surface area (Å²) in [7, 11) is 0.